The number of amides is 1. The summed E-state index contributed by atoms with van der Waals surface area (Å²) in [5.41, 5.74) is 0.301. The summed E-state index contributed by atoms with van der Waals surface area (Å²) in [5.74, 6) is -0.0839. The number of nitrogens with zero attached hydrogens (tertiary/aromatic N) is 2. The maximum atomic E-state index is 11.9. The van der Waals surface area contributed by atoms with Gasteiger partial charge in [-0.2, -0.15) is 5.26 Å². The fourth-order valence-corrected chi connectivity index (χ4v) is 1.54. The quantitative estimate of drug-likeness (QED) is 0.900. The van der Waals surface area contributed by atoms with Crippen molar-refractivity contribution in [1.82, 2.24) is 10.3 Å². The molecular weight excluding hydrogens is 266 g/mol. The first kappa shape index (κ1) is 15.3. The van der Waals surface area contributed by atoms with Crippen molar-refractivity contribution in [3.63, 3.8) is 0 Å². The lowest BCUT2D eigenvalue weighted by molar-refractivity contribution is 0.0944. The first-order valence-corrected chi connectivity index (χ1v) is 6.38. The second kappa shape index (κ2) is 6.95. The van der Waals surface area contributed by atoms with Gasteiger partial charge in [0.2, 0.25) is 5.88 Å². The van der Waals surface area contributed by atoms with Crippen molar-refractivity contribution in [2.75, 3.05) is 0 Å². The molecule has 6 heteroatoms. The predicted octanol–water partition coefficient (Wildman–Crippen LogP) is 2.55. The Morgan fingerprint density at radius 1 is 1.63 bits per heavy atom. The van der Waals surface area contributed by atoms with Gasteiger partial charge >= 0.3 is 0 Å². The van der Waals surface area contributed by atoms with E-state index < -0.39 is 6.04 Å². The highest BCUT2D eigenvalue weighted by Gasteiger charge is 2.14. The highest BCUT2D eigenvalue weighted by molar-refractivity contribution is 6.32. The Hall–Kier alpha value is -1.80. The minimum atomic E-state index is -0.516. The largest absolute Gasteiger partial charge is 0.474 e. The van der Waals surface area contributed by atoms with E-state index in [-0.39, 0.29) is 17.0 Å². The lowest BCUT2D eigenvalue weighted by Gasteiger charge is -2.12. The smallest absolute Gasteiger partial charge is 0.253 e. The number of halogens is 1. The van der Waals surface area contributed by atoms with Gasteiger partial charge in [0.1, 0.15) is 11.1 Å². The van der Waals surface area contributed by atoms with E-state index in [1.54, 1.807) is 0 Å². The summed E-state index contributed by atoms with van der Waals surface area (Å²) in [7, 11) is 0. The molecule has 5 nitrogen and oxygen atoms in total. The zero-order valence-corrected chi connectivity index (χ0v) is 11.9. The Labute approximate surface area is 117 Å². The maximum absolute atomic E-state index is 11.9. The van der Waals surface area contributed by atoms with Gasteiger partial charge in [-0.3, -0.25) is 4.79 Å². The van der Waals surface area contributed by atoms with E-state index in [1.165, 1.54) is 12.3 Å². The average Bonchev–Trinajstić information content (AvgIpc) is 2.37. The number of ether oxygens (including phenoxy) is 1. The SMILES string of the molecule is CCC(C#N)NC(=O)c1cnc(OC(C)C)c(Cl)c1. The summed E-state index contributed by atoms with van der Waals surface area (Å²) in [5, 5.41) is 11.6. The van der Waals surface area contributed by atoms with Crippen LogP contribution in [-0.2, 0) is 0 Å². The van der Waals surface area contributed by atoms with E-state index in [0.717, 1.165) is 0 Å². The highest BCUT2D eigenvalue weighted by Crippen LogP contribution is 2.23. The molecule has 0 aromatic carbocycles. The molecular formula is C13H16ClN3O2. The van der Waals surface area contributed by atoms with Crippen LogP contribution in [0.2, 0.25) is 5.02 Å². The molecule has 0 saturated heterocycles. The number of hydrogen-bond donors (Lipinski definition) is 1. The number of carbonyl (C=O) groups excluding carboxylic acids is 1. The second-order valence-corrected chi connectivity index (χ2v) is 4.65. The molecule has 1 aromatic heterocycles. The molecule has 0 aliphatic carbocycles. The third kappa shape index (κ3) is 4.42. The number of nitriles is 1. The maximum Gasteiger partial charge on any atom is 0.253 e. The molecule has 19 heavy (non-hydrogen) atoms. The predicted molar refractivity (Wildman–Crippen MR) is 72.2 cm³/mol. The Balaban J connectivity index is 2.83. The van der Waals surface area contributed by atoms with Gasteiger partial charge in [-0.25, -0.2) is 4.98 Å². The molecule has 1 amide bonds. The van der Waals surface area contributed by atoms with E-state index >= 15 is 0 Å². The Bertz CT molecular complexity index is 497. The van der Waals surface area contributed by atoms with Crippen molar-refractivity contribution >= 4 is 17.5 Å². The van der Waals surface area contributed by atoms with Crippen LogP contribution < -0.4 is 10.1 Å². The molecule has 1 heterocycles. The van der Waals surface area contributed by atoms with E-state index in [4.69, 9.17) is 21.6 Å². The first-order chi connectivity index (χ1) is 8.97. The van der Waals surface area contributed by atoms with E-state index in [2.05, 4.69) is 10.3 Å². The molecule has 0 aliphatic rings. The molecule has 0 fully saturated rings. The van der Waals surface area contributed by atoms with Gasteiger partial charge in [-0.15, -0.1) is 0 Å². The summed E-state index contributed by atoms with van der Waals surface area (Å²) < 4.78 is 5.38. The van der Waals surface area contributed by atoms with E-state index in [9.17, 15) is 4.79 Å². The van der Waals surface area contributed by atoms with Gasteiger partial charge in [-0.1, -0.05) is 18.5 Å². The summed E-state index contributed by atoms with van der Waals surface area (Å²) >= 11 is 5.99. The van der Waals surface area contributed by atoms with Gasteiger partial charge < -0.3 is 10.1 Å². The summed E-state index contributed by atoms with van der Waals surface area (Å²) in [6, 6.07) is 2.96. The molecule has 0 spiro atoms. The van der Waals surface area contributed by atoms with Gasteiger partial charge in [0.15, 0.2) is 0 Å². The molecule has 0 aliphatic heterocycles. The van der Waals surface area contributed by atoms with Crippen molar-refractivity contribution in [3.05, 3.63) is 22.8 Å². The lowest BCUT2D eigenvalue weighted by atomic mass is 10.2. The molecule has 1 atom stereocenters. The fourth-order valence-electron chi connectivity index (χ4n) is 1.33. The monoisotopic (exact) mass is 281 g/mol. The Morgan fingerprint density at radius 2 is 2.32 bits per heavy atom. The molecule has 0 radical (unpaired) electrons. The zero-order chi connectivity index (χ0) is 14.4. The van der Waals surface area contributed by atoms with Crippen molar-refractivity contribution in [3.8, 4) is 11.9 Å². The van der Waals surface area contributed by atoms with Crippen molar-refractivity contribution in [1.29, 1.82) is 5.26 Å². The van der Waals surface area contributed by atoms with Crippen LogP contribution in [0.1, 0.15) is 37.6 Å². The minimum Gasteiger partial charge on any atom is -0.474 e. The second-order valence-electron chi connectivity index (χ2n) is 4.24. The van der Waals surface area contributed by atoms with Crippen molar-refractivity contribution < 1.29 is 9.53 Å². The molecule has 102 valence electrons. The minimum absolute atomic E-state index is 0.0484. The lowest BCUT2D eigenvalue weighted by Crippen LogP contribution is -2.33. The fraction of sp³-hybridized carbons (Fsp3) is 0.462. The van der Waals surface area contributed by atoms with Crippen LogP contribution in [-0.4, -0.2) is 23.0 Å². The third-order valence-corrected chi connectivity index (χ3v) is 2.56. The molecule has 1 aromatic rings. The van der Waals surface area contributed by atoms with Gasteiger partial charge in [0.25, 0.3) is 5.91 Å². The molecule has 1 N–H and O–H groups in total. The summed E-state index contributed by atoms with van der Waals surface area (Å²) in [6.07, 6.45) is 1.87. The highest BCUT2D eigenvalue weighted by atomic mass is 35.5. The Kier molecular flexibility index (Phi) is 5.58. The van der Waals surface area contributed by atoms with Crippen LogP contribution in [0.15, 0.2) is 12.3 Å². The first-order valence-electron chi connectivity index (χ1n) is 6.00. The molecule has 0 bridgehead atoms. The standard InChI is InChI=1S/C13H16ClN3O2/c1-4-10(6-15)17-12(18)9-5-11(14)13(16-7-9)19-8(2)3/h5,7-8,10H,4H2,1-3H3,(H,17,18). The van der Waals surface area contributed by atoms with E-state index in [1.807, 2.05) is 26.8 Å². The van der Waals surface area contributed by atoms with Gasteiger partial charge in [0.05, 0.1) is 17.7 Å². The normalized spacial score (nSPS) is 11.8. The average molecular weight is 282 g/mol. The summed E-state index contributed by atoms with van der Waals surface area (Å²) in [6.45, 7) is 5.54. The van der Waals surface area contributed by atoms with Gasteiger partial charge in [-0.05, 0) is 26.3 Å². The van der Waals surface area contributed by atoms with Crippen LogP contribution in [0.5, 0.6) is 5.88 Å². The van der Waals surface area contributed by atoms with Crippen LogP contribution in [0.4, 0.5) is 0 Å². The number of rotatable bonds is 5. The topological polar surface area (TPSA) is 75.0 Å². The number of carbonyl (C=O) groups is 1. The van der Waals surface area contributed by atoms with Crippen LogP contribution in [0, 0.1) is 11.3 Å². The number of aromatic nitrogens is 1. The van der Waals surface area contributed by atoms with E-state index in [0.29, 0.717) is 17.9 Å². The van der Waals surface area contributed by atoms with Crippen molar-refractivity contribution in [2.45, 2.75) is 39.3 Å². The zero-order valence-electron chi connectivity index (χ0n) is 11.1. The van der Waals surface area contributed by atoms with Crippen LogP contribution >= 0.6 is 11.6 Å². The Morgan fingerprint density at radius 3 is 2.79 bits per heavy atom. The van der Waals surface area contributed by atoms with Crippen LogP contribution in [0.3, 0.4) is 0 Å². The molecule has 1 unspecified atom stereocenters. The van der Waals surface area contributed by atoms with Crippen molar-refractivity contribution in [2.24, 2.45) is 0 Å². The third-order valence-electron chi connectivity index (χ3n) is 2.29. The summed E-state index contributed by atoms with van der Waals surface area (Å²) in [4.78, 5) is 15.9. The van der Waals surface area contributed by atoms with Crippen LogP contribution in [0.25, 0.3) is 0 Å². The number of nitrogens with one attached hydrogen (secondary N) is 1. The number of pyridine rings is 1. The van der Waals surface area contributed by atoms with Gasteiger partial charge in [0, 0.05) is 6.20 Å². The molecule has 1 rings (SSSR count). The molecule has 0 saturated carbocycles. The number of hydrogen-bond acceptors (Lipinski definition) is 4.